The Morgan fingerprint density at radius 1 is 1.20 bits per heavy atom. The fourth-order valence-corrected chi connectivity index (χ4v) is 3.57. The number of rotatable bonds is 8. The van der Waals surface area contributed by atoms with Crippen LogP contribution in [-0.4, -0.2) is 27.6 Å². The van der Waals surface area contributed by atoms with Crippen molar-refractivity contribution in [2.24, 2.45) is 0 Å². The zero-order chi connectivity index (χ0) is 21.7. The van der Waals surface area contributed by atoms with Crippen LogP contribution in [0, 0.1) is 0 Å². The van der Waals surface area contributed by atoms with Gasteiger partial charge in [-0.25, -0.2) is 0 Å². The first-order valence-electron chi connectivity index (χ1n) is 10.2. The molecule has 0 N–H and O–H groups in total. The third-order valence-electron chi connectivity index (χ3n) is 4.97. The Morgan fingerprint density at radius 3 is 2.57 bits per heavy atom. The molecular weight excluding hydrogens is 442 g/mol. The summed E-state index contributed by atoms with van der Waals surface area (Å²) in [4.78, 5) is 14.6. The molecule has 0 saturated carbocycles. The lowest BCUT2D eigenvalue weighted by Gasteiger charge is -2.17. The number of ether oxygens (including phenoxy) is 1. The Morgan fingerprint density at radius 2 is 1.93 bits per heavy atom. The maximum atomic E-state index is 12.9. The maximum absolute atomic E-state index is 12.9. The van der Waals surface area contributed by atoms with Gasteiger partial charge in [0.15, 0.2) is 0 Å². The lowest BCUT2D eigenvalue weighted by Crippen LogP contribution is -2.26. The van der Waals surface area contributed by atoms with E-state index in [1.165, 1.54) is 5.56 Å². The molecule has 1 amide bonds. The van der Waals surface area contributed by atoms with Crippen LogP contribution in [0.25, 0.3) is 0 Å². The number of halogens is 1. The van der Waals surface area contributed by atoms with Crippen LogP contribution >= 0.6 is 15.9 Å². The van der Waals surface area contributed by atoms with Crippen molar-refractivity contribution in [2.75, 3.05) is 7.05 Å². The highest BCUT2D eigenvalue weighted by Gasteiger charge is 2.16. The van der Waals surface area contributed by atoms with Crippen LogP contribution in [0.3, 0.4) is 0 Å². The third kappa shape index (κ3) is 5.51. The highest BCUT2D eigenvalue weighted by molar-refractivity contribution is 9.10. The van der Waals surface area contributed by atoms with Crippen LogP contribution in [0.15, 0.2) is 59.2 Å². The average molecular weight is 470 g/mol. The van der Waals surface area contributed by atoms with Gasteiger partial charge in [-0.1, -0.05) is 38.1 Å². The molecule has 1 heterocycles. The molecule has 0 unspecified atom stereocenters. The van der Waals surface area contributed by atoms with Gasteiger partial charge in [-0.05, 0) is 64.2 Å². The van der Waals surface area contributed by atoms with Crippen molar-refractivity contribution in [3.05, 3.63) is 81.6 Å². The topological polar surface area (TPSA) is 47.4 Å². The SMILES string of the molecule is CCn1cc(Br)c(CN(C)C(=O)c2cccc(COc3ccc(C(C)C)cc3)c2)n1. The molecule has 3 rings (SSSR count). The van der Waals surface area contributed by atoms with Crippen LogP contribution in [0.5, 0.6) is 5.75 Å². The van der Waals surface area contributed by atoms with E-state index < -0.39 is 0 Å². The van der Waals surface area contributed by atoms with Crippen LogP contribution in [-0.2, 0) is 19.7 Å². The molecule has 0 saturated heterocycles. The first kappa shape index (κ1) is 22.1. The molecule has 0 atom stereocenters. The largest absolute Gasteiger partial charge is 0.489 e. The molecule has 158 valence electrons. The van der Waals surface area contributed by atoms with Crippen molar-refractivity contribution in [3.63, 3.8) is 0 Å². The highest BCUT2D eigenvalue weighted by Crippen LogP contribution is 2.20. The minimum Gasteiger partial charge on any atom is -0.489 e. The summed E-state index contributed by atoms with van der Waals surface area (Å²) < 4.78 is 8.67. The number of amides is 1. The number of carbonyl (C=O) groups is 1. The normalized spacial score (nSPS) is 11.0. The van der Waals surface area contributed by atoms with Gasteiger partial charge in [0.2, 0.25) is 0 Å². The second-order valence-corrected chi connectivity index (χ2v) is 8.51. The maximum Gasteiger partial charge on any atom is 0.253 e. The predicted molar refractivity (Wildman–Crippen MR) is 123 cm³/mol. The predicted octanol–water partition coefficient (Wildman–Crippen LogP) is 5.64. The monoisotopic (exact) mass is 469 g/mol. The lowest BCUT2D eigenvalue weighted by atomic mass is 10.0. The Labute approximate surface area is 186 Å². The van der Waals surface area contributed by atoms with Crippen molar-refractivity contribution >= 4 is 21.8 Å². The molecule has 2 aromatic carbocycles. The summed E-state index contributed by atoms with van der Waals surface area (Å²) in [5.41, 5.74) is 3.73. The van der Waals surface area contributed by atoms with E-state index in [2.05, 4.69) is 47.0 Å². The van der Waals surface area contributed by atoms with Gasteiger partial charge in [-0.15, -0.1) is 0 Å². The molecule has 0 bridgehead atoms. The molecule has 0 fully saturated rings. The summed E-state index contributed by atoms with van der Waals surface area (Å²) in [7, 11) is 1.79. The van der Waals surface area contributed by atoms with Gasteiger partial charge in [-0.3, -0.25) is 9.48 Å². The van der Waals surface area contributed by atoms with Gasteiger partial charge < -0.3 is 9.64 Å². The van der Waals surface area contributed by atoms with Gasteiger partial charge in [0.05, 0.1) is 16.7 Å². The standard InChI is InChI=1S/C24H28BrN3O2/c1-5-28-14-22(25)23(26-28)15-27(4)24(29)20-8-6-7-18(13-20)16-30-21-11-9-19(10-12-21)17(2)3/h6-14,17H,5,15-16H2,1-4H3. The van der Waals surface area contributed by atoms with E-state index in [-0.39, 0.29) is 5.91 Å². The first-order chi connectivity index (χ1) is 14.4. The van der Waals surface area contributed by atoms with E-state index in [1.54, 1.807) is 11.9 Å². The number of carbonyl (C=O) groups excluding carboxylic acids is 1. The van der Waals surface area contributed by atoms with Gasteiger partial charge in [0.25, 0.3) is 5.91 Å². The number of aryl methyl sites for hydroxylation is 1. The first-order valence-corrected chi connectivity index (χ1v) is 11.0. The summed E-state index contributed by atoms with van der Waals surface area (Å²) in [6.45, 7) is 8.02. The Balaban J connectivity index is 1.63. The number of nitrogens with zero attached hydrogens (tertiary/aromatic N) is 3. The summed E-state index contributed by atoms with van der Waals surface area (Å²) in [5.74, 6) is 1.27. The molecule has 1 aromatic heterocycles. The number of benzene rings is 2. The number of hydrogen-bond acceptors (Lipinski definition) is 3. The summed E-state index contributed by atoms with van der Waals surface area (Å²) in [6, 6.07) is 15.7. The molecule has 30 heavy (non-hydrogen) atoms. The van der Waals surface area contributed by atoms with Crippen LogP contribution in [0.4, 0.5) is 0 Å². The molecule has 0 spiro atoms. The number of hydrogen-bond donors (Lipinski definition) is 0. The molecule has 3 aromatic rings. The van der Waals surface area contributed by atoms with Crippen LogP contribution < -0.4 is 4.74 Å². The van der Waals surface area contributed by atoms with Crippen molar-refractivity contribution in [2.45, 2.75) is 46.4 Å². The van der Waals surface area contributed by atoms with Gasteiger partial charge >= 0.3 is 0 Å². The third-order valence-corrected chi connectivity index (χ3v) is 5.63. The van der Waals surface area contributed by atoms with E-state index in [0.29, 0.717) is 24.6 Å². The van der Waals surface area contributed by atoms with Gasteiger partial charge in [-0.2, -0.15) is 5.10 Å². The lowest BCUT2D eigenvalue weighted by molar-refractivity contribution is 0.0782. The fourth-order valence-electron chi connectivity index (χ4n) is 3.13. The minimum absolute atomic E-state index is 0.0453. The van der Waals surface area contributed by atoms with Crippen molar-refractivity contribution in [3.8, 4) is 5.75 Å². The molecule has 0 aliphatic carbocycles. The number of aromatic nitrogens is 2. The molecule has 0 aliphatic heterocycles. The average Bonchev–Trinajstić information content (AvgIpc) is 3.11. The van der Waals surface area contributed by atoms with Crippen molar-refractivity contribution in [1.82, 2.24) is 14.7 Å². The van der Waals surface area contributed by atoms with E-state index in [0.717, 1.165) is 28.0 Å². The second-order valence-electron chi connectivity index (χ2n) is 7.65. The molecule has 5 nitrogen and oxygen atoms in total. The Kier molecular flexibility index (Phi) is 7.32. The van der Waals surface area contributed by atoms with E-state index in [1.807, 2.05) is 54.2 Å². The zero-order valence-corrected chi connectivity index (χ0v) is 19.5. The van der Waals surface area contributed by atoms with Crippen molar-refractivity contribution < 1.29 is 9.53 Å². The van der Waals surface area contributed by atoms with Crippen LogP contribution in [0.1, 0.15) is 53.9 Å². The molecular formula is C24H28BrN3O2. The molecule has 0 radical (unpaired) electrons. The Bertz CT molecular complexity index is 996. The van der Waals surface area contributed by atoms with Crippen LogP contribution in [0.2, 0.25) is 0 Å². The molecule has 0 aliphatic rings. The second kappa shape index (κ2) is 9.94. The van der Waals surface area contributed by atoms with Gasteiger partial charge in [0, 0.05) is 25.4 Å². The van der Waals surface area contributed by atoms with Gasteiger partial charge in [0.1, 0.15) is 12.4 Å². The van der Waals surface area contributed by atoms with E-state index >= 15 is 0 Å². The van der Waals surface area contributed by atoms with Crippen molar-refractivity contribution in [1.29, 1.82) is 0 Å². The summed E-state index contributed by atoms with van der Waals surface area (Å²) in [6.07, 6.45) is 1.93. The fraction of sp³-hybridized carbons (Fsp3) is 0.333. The van der Waals surface area contributed by atoms with E-state index in [4.69, 9.17) is 4.74 Å². The quantitative estimate of drug-likeness (QED) is 0.428. The smallest absolute Gasteiger partial charge is 0.253 e. The summed E-state index contributed by atoms with van der Waals surface area (Å²) in [5, 5.41) is 4.50. The highest BCUT2D eigenvalue weighted by atomic mass is 79.9. The minimum atomic E-state index is -0.0453. The van der Waals surface area contributed by atoms with E-state index in [9.17, 15) is 4.79 Å². The Hall–Kier alpha value is -2.60. The summed E-state index contributed by atoms with van der Waals surface area (Å²) >= 11 is 3.52. The zero-order valence-electron chi connectivity index (χ0n) is 17.9. The molecule has 6 heteroatoms.